The molecule has 0 unspecified atom stereocenters. The van der Waals surface area contributed by atoms with Crippen LogP contribution in [0.3, 0.4) is 0 Å². The molecule has 2 aromatic heterocycles. The van der Waals surface area contributed by atoms with Crippen molar-refractivity contribution in [2.24, 2.45) is 0 Å². The molecule has 1 aliphatic rings. The number of thiophene rings is 1. The summed E-state index contributed by atoms with van der Waals surface area (Å²) in [5.41, 5.74) is 3.34. The third-order valence-electron chi connectivity index (χ3n) is 3.69. The van der Waals surface area contributed by atoms with Crippen molar-refractivity contribution in [3.05, 3.63) is 45.4 Å². The van der Waals surface area contributed by atoms with Crippen LogP contribution in [0.25, 0.3) is 10.2 Å². The fourth-order valence-electron chi connectivity index (χ4n) is 2.60. The summed E-state index contributed by atoms with van der Waals surface area (Å²) in [7, 11) is 0. The van der Waals surface area contributed by atoms with Crippen LogP contribution in [0.1, 0.15) is 16.1 Å². The number of anilines is 1. The molecule has 0 bridgehead atoms. The lowest BCUT2D eigenvalue weighted by molar-refractivity contribution is 0.102. The van der Waals surface area contributed by atoms with Gasteiger partial charge in [0.1, 0.15) is 18.1 Å². The highest BCUT2D eigenvalue weighted by molar-refractivity contribution is 9.11. The van der Waals surface area contributed by atoms with Gasteiger partial charge in [0.15, 0.2) is 0 Å². The number of amides is 1. The number of aromatic amines is 1. The second-order valence-corrected chi connectivity index (χ2v) is 7.78. The number of ether oxygens (including phenoxy) is 1. The van der Waals surface area contributed by atoms with E-state index in [4.69, 9.17) is 4.74 Å². The van der Waals surface area contributed by atoms with Crippen LogP contribution >= 0.6 is 27.3 Å². The molecule has 0 radical (unpaired) electrons. The summed E-state index contributed by atoms with van der Waals surface area (Å²) in [5, 5.41) is 6.22. The van der Waals surface area contributed by atoms with E-state index in [9.17, 15) is 4.79 Å². The Hall–Kier alpha value is -1.83. The lowest BCUT2D eigenvalue weighted by atomic mass is 10.1. The first-order valence-electron chi connectivity index (χ1n) is 7.25. The van der Waals surface area contributed by atoms with Gasteiger partial charge in [-0.3, -0.25) is 4.79 Å². The third kappa shape index (κ3) is 2.99. The summed E-state index contributed by atoms with van der Waals surface area (Å²) in [6, 6.07) is 9.57. The number of carbonyl (C=O) groups excluding carboxylic acids is 1. The fourth-order valence-corrected chi connectivity index (χ4v) is 4.14. The van der Waals surface area contributed by atoms with Crippen LogP contribution in [-0.4, -0.2) is 24.0 Å². The van der Waals surface area contributed by atoms with Gasteiger partial charge >= 0.3 is 0 Å². The standard InChI is InChI=1S/C16H14BrN3O2S/c17-15-7-11-14(23-15)6-12(20-11)16(21)19-10-1-2-13-9(5-10)8-18-3-4-22-13/h1-2,5-7,18,20H,3-4,8H2,(H,19,21). The molecule has 7 heteroatoms. The van der Waals surface area contributed by atoms with E-state index in [-0.39, 0.29) is 5.91 Å². The number of halogens is 1. The average Bonchev–Trinajstić information content (AvgIpc) is 2.96. The molecule has 3 aromatic rings. The number of nitrogens with one attached hydrogen (secondary N) is 3. The number of H-pyrrole nitrogens is 1. The van der Waals surface area contributed by atoms with Gasteiger partial charge in [0, 0.05) is 24.3 Å². The van der Waals surface area contributed by atoms with E-state index < -0.39 is 0 Å². The third-order valence-corrected chi connectivity index (χ3v) is 5.28. The molecule has 5 nitrogen and oxygen atoms in total. The molecular weight excluding hydrogens is 378 g/mol. The van der Waals surface area contributed by atoms with E-state index in [0.29, 0.717) is 12.3 Å². The molecule has 1 aliphatic heterocycles. The van der Waals surface area contributed by atoms with Crippen LogP contribution in [-0.2, 0) is 6.54 Å². The van der Waals surface area contributed by atoms with Crippen molar-refractivity contribution in [2.45, 2.75) is 6.54 Å². The van der Waals surface area contributed by atoms with E-state index >= 15 is 0 Å². The van der Waals surface area contributed by atoms with Crippen LogP contribution in [0.15, 0.2) is 34.1 Å². The second-order valence-electron chi connectivity index (χ2n) is 5.31. The number of carbonyl (C=O) groups is 1. The average molecular weight is 392 g/mol. The summed E-state index contributed by atoms with van der Waals surface area (Å²) >= 11 is 5.04. The number of hydrogen-bond donors (Lipinski definition) is 3. The zero-order valence-electron chi connectivity index (χ0n) is 12.1. The minimum atomic E-state index is -0.146. The molecule has 3 heterocycles. The van der Waals surface area contributed by atoms with Crippen LogP contribution in [0.4, 0.5) is 5.69 Å². The molecule has 118 valence electrons. The fraction of sp³-hybridized carbons (Fsp3) is 0.188. The summed E-state index contributed by atoms with van der Waals surface area (Å²) < 4.78 is 7.75. The lowest BCUT2D eigenvalue weighted by Gasteiger charge is -2.09. The minimum absolute atomic E-state index is 0.146. The van der Waals surface area contributed by atoms with Crippen molar-refractivity contribution in [1.29, 1.82) is 0 Å². The molecule has 1 aromatic carbocycles. The van der Waals surface area contributed by atoms with Gasteiger partial charge in [-0.05, 0) is 46.3 Å². The Bertz CT molecular complexity index is 855. The van der Waals surface area contributed by atoms with Gasteiger partial charge in [-0.15, -0.1) is 11.3 Å². The highest BCUT2D eigenvalue weighted by atomic mass is 79.9. The molecule has 3 N–H and O–H groups in total. The number of rotatable bonds is 2. The molecule has 4 rings (SSSR count). The van der Waals surface area contributed by atoms with Crippen molar-refractivity contribution >= 4 is 49.1 Å². The second kappa shape index (κ2) is 5.99. The molecule has 0 saturated carbocycles. The van der Waals surface area contributed by atoms with Gasteiger partial charge in [0.05, 0.1) is 14.0 Å². The maximum atomic E-state index is 12.4. The quantitative estimate of drug-likeness (QED) is 0.623. The van der Waals surface area contributed by atoms with Crippen molar-refractivity contribution in [1.82, 2.24) is 10.3 Å². The minimum Gasteiger partial charge on any atom is -0.492 e. The summed E-state index contributed by atoms with van der Waals surface area (Å²) in [6.45, 7) is 2.23. The topological polar surface area (TPSA) is 66.2 Å². The Morgan fingerprint density at radius 1 is 1.30 bits per heavy atom. The van der Waals surface area contributed by atoms with E-state index in [1.54, 1.807) is 11.3 Å². The molecule has 0 saturated heterocycles. The predicted octanol–water partition coefficient (Wildman–Crippen LogP) is 3.73. The Morgan fingerprint density at radius 2 is 2.22 bits per heavy atom. The largest absolute Gasteiger partial charge is 0.492 e. The van der Waals surface area contributed by atoms with Gasteiger partial charge in [0.25, 0.3) is 5.91 Å². The van der Waals surface area contributed by atoms with Crippen molar-refractivity contribution < 1.29 is 9.53 Å². The van der Waals surface area contributed by atoms with Crippen molar-refractivity contribution in [2.75, 3.05) is 18.5 Å². The molecule has 1 amide bonds. The normalized spacial score (nSPS) is 14.1. The highest BCUT2D eigenvalue weighted by Gasteiger charge is 2.14. The molecule has 0 atom stereocenters. The molecular formula is C16H14BrN3O2S. The lowest BCUT2D eigenvalue weighted by Crippen LogP contribution is -2.16. The number of fused-ring (bicyclic) bond motifs is 2. The molecule has 23 heavy (non-hydrogen) atoms. The number of benzene rings is 1. The molecule has 0 aliphatic carbocycles. The van der Waals surface area contributed by atoms with Crippen molar-refractivity contribution in [3.63, 3.8) is 0 Å². The first-order valence-corrected chi connectivity index (χ1v) is 8.86. The predicted molar refractivity (Wildman–Crippen MR) is 95.5 cm³/mol. The van der Waals surface area contributed by atoms with E-state index in [0.717, 1.165) is 44.1 Å². The van der Waals surface area contributed by atoms with Gasteiger partial charge in [-0.2, -0.15) is 0 Å². The number of hydrogen-bond acceptors (Lipinski definition) is 4. The van der Waals surface area contributed by atoms with E-state index in [1.165, 1.54) is 0 Å². The summed E-state index contributed by atoms with van der Waals surface area (Å²) in [5.74, 6) is 0.727. The Morgan fingerprint density at radius 3 is 3.09 bits per heavy atom. The SMILES string of the molecule is O=C(Nc1ccc2c(c1)CNCCO2)c1cc2sc(Br)cc2[nH]1. The number of aromatic nitrogens is 1. The summed E-state index contributed by atoms with van der Waals surface area (Å²) in [6.07, 6.45) is 0. The van der Waals surface area contributed by atoms with E-state index in [2.05, 4.69) is 31.5 Å². The first kappa shape index (κ1) is 14.7. The van der Waals surface area contributed by atoms with E-state index in [1.807, 2.05) is 30.3 Å². The summed E-state index contributed by atoms with van der Waals surface area (Å²) in [4.78, 5) is 15.5. The van der Waals surface area contributed by atoms with Crippen molar-refractivity contribution in [3.8, 4) is 5.75 Å². The van der Waals surface area contributed by atoms with Gasteiger partial charge in [-0.1, -0.05) is 0 Å². The maximum Gasteiger partial charge on any atom is 0.272 e. The zero-order chi connectivity index (χ0) is 15.8. The first-order chi connectivity index (χ1) is 11.2. The van der Waals surface area contributed by atoms with Gasteiger partial charge in [0.2, 0.25) is 0 Å². The van der Waals surface area contributed by atoms with Crippen LogP contribution in [0.5, 0.6) is 5.75 Å². The Kier molecular flexibility index (Phi) is 3.84. The molecule has 0 fully saturated rings. The van der Waals surface area contributed by atoms with Crippen LogP contribution in [0.2, 0.25) is 0 Å². The Balaban J connectivity index is 1.55. The van der Waals surface area contributed by atoms with Gasteiger partial charge in [-0.25, -0.2) is 0 Å². The van der Waals surface area contributed by atoms with Crippen LogP contribution < -0.4 is 15.4 Å². The smallest absolute Gasteiger partial charge is 0.272 e. The Labute approximate surface area is 145 Å². The zero-order valence-corrected chi connectivity index (χ0v) is 14.5. The van der Waals surface area contributed by atoms with Crippen LogP contribution in [0, 0.1) is 0 Å². The van der Waals surface area contributed by atoms with Gasteiger partial charge < -0.3 is 20.4 Å². The maximum absolute atomic E-state index is 12.4. The highest BCUT2D eigenvalue weighted by Crippen LogP contribution is 2.30. The molecule has 0 spiro atoms. The monoisotopic (exact) mass is 391 g/mol.